The Kier molecular flexibility index (Phi) is 5.25. The molecule has 0 saturated heterocycles. The smallest absolute Gasteiger partial charge is 0.340 e. The molecule has 1 amide bonds. The molecule has 2 aromatic carbocycles. The first-order valence-corrected chi connectivity index (χ1v) is 6.99. The number of carbonyl (C=O) groups is 2. The van der Waals surface area contributed by atoms with Crippen LogP contribution in [0.1, 0.15) is 10.4 Å². The van der Waals surface area contributed by atoms with Crippen molar-refractivity contribution in [1.82, 2.24) is 0 Å². The van der Waals surface area contributed by atoms with E-state index in [0.717, 1.165) is 0 Å². The van der Waals surface area contributed by atoms with Crippen molar-refractivity contribution in [2.75, 3.05) is 17.7 Å². The highest BCUT2D eigenvalue weighted by Gasteiger charge is 2.14. The summed E-state index contributed by atoms with van der Waals surface area (Å²) < 4.78 is 4.91. The molecule has 0 aliphatic carbocycles. The molecule has 7 heteroatoms. The molecule has 0 aliphatic rings. The van der Waals surface area contributed by atoms with Gasteiger partial charge in [0.05, 0.1) is 16.3 Å². The van der Waals surface area contributed by atoms with Gasteiger partial charge in [0.1, 0.15) is 0 Å². The van der Waals surface area contributed by atoms with E-state index in [1.165, 1.54) is 18.2 Å². The van der Waals surface area contributed by atoms with Gasteiger partial charge in [0.15, 0.2) is 6.61 Å². The Morgan fingerprint density at radius 2 is 1.86 bits per heavy atom. The van der Waals surface area contributed by atoms with Gasteiger partial charge in [-0.25, -0.2) is 4.79 Å². The van der Waals surface area contributed by atoms with E-state index in [1.807, 2.05) is 0 Å². The van der Waals surface area contributed by atoms with Gasteiger partial charge in [-0.3, -0.25) is 4.79 Å². The van der Waals surface area contributed by atoms with Crippen molar-refractivity contribution < 1.29 is 14.3 Å². The van der Waals surface area contributed by atoms with Crippen LogP contribution in [0.3, 0.4) is 0 Å². The molecule has 2 aromatic rings. The Morgan fingerprint density at radius 1 is 1.14 bits per heavy atom. The molecule has 0 heterocycles. The third kappa shape index (κ3) is 4.13. The van der Waals surface area contributed by atoms with Gasteiger partial charge in [0.25, 0.3) is 5.91 Å². The molecule has 0 bridgehead atoms. The number of anilines is 2. The Hall–Kier alpha value is -2.24. The number of nitrogen functional groups attached to an aromatic ring is 1. The van der Waals surface area contributed by atoms with Crippen molar-refractivity contribution >= 4 is 46.5 Å². The summed E-state index contributed by atoms with van der Waals surface area (Å²) in [5.41, 5.74) is 6.44. The number of nitrogens with one attached hydrogen (secondary N) is 1. The van der Waals surface area contributed by atoms with Crippen LogP contribution in [-0.2, 0) is 9.53 Å². The van der Waals surface area contributed by atoms with Gasteiger partial charge in [0, 0.05) is 10.7 Å². The summed E-state index contributed by atoms with van der Waals surface area (Å²) in [6.07, 6.45) is 0. The molecule has 3 N–H and O–H groups in total. The summed E-state index contributed by atoms with van der Waals surface area (Å²) in [5, 5.41) is 3.34. The second-order valence-electron chi connectivity index (χ2n) is 4.34. The largest absolute Gasteiger partial charge is 0.452 e. The second kappa shape index (κ2) is 7.15. The fraction of sp³-hybridized carbons (Fsp3) is 0.0667. The molecule has 0 aliphatic heterocycles. The van der Waals surface area contributed by atoms with Crippen LogP contribution in [-0.4, -0.2) is 18.5 Å². The maximum atomic E-state index is 11.8. The lowest BCUT2D eigenvalue weighted by Gasteiger charge is -2.09. The molecule has 22 heavy (non-hydrogen) atoms. The number of hydrogen-bond acceptors (Lipinski definition) is 4. The van der Waals surface area contributed by atoms with E-state index >= 15 is 0 Å². The van der Waals surface area contributed by atoms with E-state index < -0.39 is 18.5 Å². The lowest BCUT2D eigenvalue weighted by atomic mass is 10.2. The topological polar surface area (TPSA) is 81.4 Å². The second-order valence-corrected chi connectivity index (χ2v) is 5.18. The number of ether oxygens (including phenoxy) is 1. The number of carbonyl (C=O) groups excluding carboxylic acids is 2. The highest BCUT2D eigenvalue weighted by molar-refractivity contribution is 6.33. The minimum absolute atomic E-state index is 0.148. The molecule has 0 aromatic heterocycles. The lowest BCUT2D eigenvalue weighted by Crippen LogP contribution is -2.21. The summed E-state index contributed by atoms with van der Waals surface area (Å²) in [4.78, 5) is 23.6. The van der Waals surface area contributed by atoms with Gasteiger partial charge in [-0.1, -0.05) is 35.3 Å². The first kappa shape index (κ1) is 16.1. The number of halogens is 2. The van der Waals surface area contributed by atoms with Crippen LogP contribution < -0.4 is 11.1 Å². The molecule has 0 radical (unpaired) electrons. The highest BCUT2D eigenvalue weighted by Crippen LogP contribution is 2.21. The predicted molar refractivity (Wildman–Crippen MR) is 86.2 cm³/mol. The molecule has 5 nitrogen and oxygen atoms in total. The molecule has 0 spiro atoms. The van der Waals surface area contributed by atoms with Crippen molar-refractivity contribution in [3.05, 3.63) is 58.1 Å². The first-order valence-electron chi connectivity index (χ1n) is 6.24. The Labute approximate surface area is 137 Å². The van der Waals surface area contributed by atoms with Crippen molar-refractivity contribution in [3.8, 4) is 0 Å². The Balaban J connectivity index is 1.93. The number of esters is 1. The Morgan fingerprint density at radius 3 is 2.55 bits per heavy atom. The predicted octanol–water partition coefficient (Wildman–Crippen LogP) is 3.37. The van der Waals surface area contributed by atoms with Gasteiger partial charge < -0.3 is 15.8 Å². The van der Waals surface area contributed by atoms with Crippen LogP contribution in [0.4, 0.5) is 11.4 Å². The number of amides is 1. The van der Waals surface area contributed by atoms with Gasteiger partial charge in [0.2, 0.25) is 0 Å². The van der Waals surface area contributed by atoms with Crippen molar-refractivity contribution in [1.29, 1.82) is 0 Å². The summed E-state index contributed by atoms with van der Waals surface area (Å²) >= 11 is 11.7. The number of hydrogen-bond donors (Lipinski definition) is 2. The fourth-order valence-electron chi connectivity index (χ4n) is 1.68. The van der Waals surface area contributed by atoms with Crippen LogP contribution in [0.2, 0.25) is 10.0 Å². The quantitative estimate of drug-likeness (QED) is 0.661. The molecular formula is C15H12Cl2N2O3. The van der Waals surface area contributed by atoms with Crippen molar-refractivity contribution in [3.63, 3.8) is 0 Å². The van der Waals surface area contributed by atoms with Crippen LogP contribution in [0.5, 0.6) is 0 Å². The monoisotopic (exact) mass is 338 g/mol. The average molecular weight is 339 g/mol. The third-order valence-corrected chi connectivity index (χ3v) is 3.28. The number of benzene rings is 2. The van der Waals surface area contributed by atoms with E-state index in [1.54, 1.807) is 24.3 Å². The average Bonchev–Trinajstić information content (AvgIpc) is 2.47. The Bertz CT molecular complexity index is 720. The summed E-state index contributed by atoms with van der Waals surface area (Å²) in [5.74, 6) is -1.21. The fourth-order valence-corrected chi connectivity index (χ4v) is 2.04. The molecule has 0 unspecified atom stereocenters. The van der Waals surface area contributed by atoms with Crippen LogP contribution >= 0.6 is 23.2 Å². The molecule has 2 rings (SSSR count). The lowest BCUT2D eigenvalue weighted by molar-refractivity contribution is -0.119. The van der Waals surface area contributed by atoms with Gasteiger partial charge in [-0.2, -0.15) is 0 Å². The van der Waals surface area contributed by atoms with Crippen LogP contribution in [0, 0.1) is 0 Å². The summed E-state index contributed by atoms with van der Waals surface area (Å²) in [6, 6.07) is 11.1. The zero-order chi connectivity index (χ0) is 16.1. The third-order valence-electron chi connectivity index (χ3n) is 2.72. The summed E-state index contributed by atoms with van der Waals surface area (Å²) in [7, 11) is 0. The van der Waals surface area contributed by atoms with Gasteiger partial charge in [-0.05, 0) is 30.3 Å². The normalized spacial score (nSPS) is 10.1. The van der Waals surface area contributed by atoms with E-state index in [9.17, 15) is 9.59 Å². The maximum absolute atomic E-state index is 11.8. The van der Waals surface area contributed by atoms with Gasteiger partial charge in [-0.15, -0.1) is 0 Å². The first-order chi connectivity index (χ1) is 10.5. The highest BCUT2D eigenvalue weighted by atomic mass is 35.5. The zero-order valence-electron chi connectivity index (χ0n) is 11.3. The van der Waals surface area contributed by atoms with E-state index in [2.05, 4.69) is 5.32 Å². The van der Waals surface area contributed by atoms with Gasteiger partial charge >= 0.3 is 5.97 Å². The number of rotatable bonds is 4. The van der Waals surface area contributed by atoms with E-state index in [4.69, 9.17) is 33.7 Å². The minimum Gasteiger partial charge on any atom is -0.452 e. The zero-order valence-corrected chi connectivity index (χ0v) is 12.8. The van der Waals surface area contributed by atoms with E-state index in [0.29, 0.717) is 15.7 Å². The maximum Gasteiger partial charge on any atom is 0.340 e. The minimum atomic E-state index is -0.705. The summed E-state index contributed by atoms with van der Waals surface area (Å²) in [6.45, 7) is -0.452. The van der Waals surface area contributed by atoms with Crippen LogP contribution in [0.25, 0.3) is 0 Å². The number of para-hydroxylation sites is 1. The molecule has 0 fully saturated rings. The molecule has 0 saturated carbocycles. The molecule has 0 atom stereocenters. The SMILES string of the molecule is Nc1cc(Cl)ccc1C(=O)OCC(=O)Nc1ccccc1Cl. The van der Waals surface area contributed by atoms with E-state index in [-0.39, 0.29) is 11.3 Å². The number of nitrogens with two attached hydrogens (primary N) is 1. The van der Waals surface area contributed by atoms with Crippen LogP contribution in [0.15, 0.2) is 42.5 Å². The van der Waals surface area contributed by atoms with Crippen molar-refractivity contribution in [2.45, 2.75) is 0 Å². The molecular weight excluding hydrogens is 327 g/mol. The van der Waals surface area contributed by atoms with Crippen molar-refractivity contribution in [2.24, 2.45) is 0 Å². The standard InChI is InChI=1S/C15H12Cl2N2O3/c16-9-5-6-10(12(18)7-9)15(21)22-8-14(20)19-13-4-2-1-3-11(13)17/h1-7H,8,18H2,(H,19,20). The molecule has 114 valence electrons.